The summed E-state index contributed by atoms with van der Waals surface area (Å²) in [4.78, 5) is 16.4. The highest BCUT2D eigenvalue weighted by Gasteiger charge is 2.22. The molecule has 1 N–H and O–H groups in total. The van der Waals surface area contributed by atoms with Crippen LogP contribution < -0.4 is 10.1 Å². The van der Waals surface area contributed by atoms with Gasteiger partial charge in [0.05, 0.1) is 13.3 Å². The zero-order chi connectivity index (χ0) is 18.4. The third-order valence-corrected chi connectivity index (χ3v) is 4.33. The summed E-state index contributed by atoms with van der Waals surface area (Å²) in [5, 5.41) is 2.91. The van der Waals surface area contributed by atoms with Crippen molar-refractivity contribution in [3.8, 4) is 5.75 Å². The van der Waals surface area contributed by atoms with Crippen molar-refractivity contribution in [2.75, 3.05) is 31.7 Å². The molecule has 2 aromatic rings. The average molecular weight is 357 g/mol. The maximum absolute atomic E-state index is 13.8. The van der Waals surface area contributed by atoms with Crippen LogP contribution in [0.5, 0.6) is 5.75 Å². The van der Waals surface area contributed by atoms with E-state index in [2.05, 4.69) is 10.2 Å². The van der Waals surface area contributed by atoms with Crippen LogP contribution >= 0.6 is 0 Å². The fraction of sp³-hybridized carbons (Fsp3) is 0.350. The lowest BCUT2D eigenvalue weighted by Gasteiger charge is -2.35. The van der Waals surface area contributed by atoms with Crippen molar-refractivity contribution >= 4 is 11.7 Å². The van der Waals surface area contributed by atoms with E-state index in [0.717, 1.165) is 24.4 Å². The lowest BCUT2D eigenvalue weighted by atomic mass is 10.2. The first-order chi connectivity index (χ1) is 12.7. The lowest BCUT2D eigenvalue weighted by molar-refractivity contribution is 0.104. The zero-order valence-electron chi connectivity index (χ0n) is 15.0. The summed E-state index contributed by atoms with van der Waals surface area (Å²) < 4.78 is 19.2. The van der Waals surface area contributed by atoms with E-state index in [1.165, 1.54) is 6.07 Å². The second-order valence-corrected chi connectivity index (χ2v) is 6.29. The molecular weight excluding hydrogens is 333 g/mol. The first kappa shape index (κ1) is 18.2. The summed E-state index contributed by atoms with van der Waals surface area (Å²) in [6.45, 7) is 5.06. The molecule has 0 radical (unpaired) electrons. The van der Waals surface area contributed by atoms with Crippen molar-refractivity contribution in [1.29, 1.82) is 0 Å². The number of urea groups is 1. The number of rotatable bonds is 5. The lowest BCUT2D eigenvalue weighted by Crippen LogP contribution is -2.48. The number of ether oxygens (including phenoxy) is 1. The summed E-state index contributed by atoms with van der Waals surface area (Å²) in [5.74, 6) is 0.572. The number of carbonyl (C=O) groups excluding carboxylic acids is 1. The summed E-state index contributed by atoms with van der Waals surface area (Å²) in [5.41, 5.74) is 1.38. The van der Waals surface area contributed by atoms with Crippen LogP contribution in [0.1, 0.15) is 18.9 Å². The van der Waals surface area contributed by atoms with E-state index in [9.17, 15) is 9.18 Å². The molecular formula is C20H24FN3O2. The third kappa shape index (κ3) is 4.73. The van der Waals surface area contributed by atoms with Gasteiger partial charge in [0, 0.05) is 30.9 Å². The fourth-order valence-corrected chi connectivity index (χ4v) is 3.03. The number of carbonyl (C=O) groups is 1. The molecule has 6 heteroatoms. The molecule has 0 bridgehead atoms. The first-order valence-corrected chi connectivity index (χ1v) is 8.90. The zero-order valence-corrected chi connectivity index (χ0v) is 15.0. The van der Waals surface area contributed by atoms with Crippen molar-refractivity contribution in [2.24, 2.45) is 0 Å². The normalized spacial score (nSPS) is 14.9. The van der Waals surface area contributed by atoms with E-state index < -0.39 is 0 Å². The van der Waals surface area contributed by atoms with Gasteiger partial charge in [-0.05, 0) is 43.7 Å². The molecule has 0 unspecified atom stereocenters. The Morgan fingerprint density at radius 1 is 1.15 bits per heavy atom. The Morgan fingerprint density at radius 2 is 1.92 bits per heavy atom. The SMILES string of the molecule is CCOc1ccc(NC(=O)N2CCCN(Cc3ccccc3F)C2)cc1. The van der Waals surface area contributed by atoms with Gasteiger partial charge in [-0.3, -0.25) is 4.90 Å². The summed E-state index contributed by atoms with van der Waals surface area (Å²) in [6, 6.07) is 13.9. The molecule has 1 heterocycles. The van der Waals surface area contributed by atoms with Crippen LogP contribution in [0.4, 0.5) is 14.9 Å². The van der Waals surface area contributed by atoms with Gasteiger partial charge in [-0.1, -0.05) is 18.2 Å². The Balaban J connectivity index is 1.56. The van der Waals surface area contributed by atoms with Crippen LogP contribution in [-0.4, -0.2) is 42.2 Å². The number of anilines is 1. The summed E-state index contributed by atoms with van der Waals surface area (Å²) in [6.07, 6.45) is 0.866. The number of nitrogens with one attached hydrogen (secondary N) is 1. The molecule has 1 aliphatic rings. The Hall–Kier alpha value is -2.60. The predicted molar refractivity (Wildman–Crippen MR) is 99.6 cm³/mol. The van der Waals surface area contributed by atoms with E-state index in [0.29, 0.717) is 31.9 Å². The molecule has 2 amide bonds. The number of amides is 2. The van der Waals surface area contributed by atoms with Gasteiger partial charge in [-0.2, -0.15) is 0 Å². The van der Waals surface area contributed by atoms with Crippen molar-refractivity contribution in [1.82, 2.24) is 9.80 Å². The topological polar surface area (TPSA) is 44.8 Å². The highest BCUT2D eigenvalue weighted by Crippen LogP contribution is 2.18. The van der Waals surface area contributed by atoms with E-state index in [1.54, 1.807) is 17.0 Å². The smallest absolute Gasteiger partial charge is 0.322 e. The van der Waals surface area contributed by atoms with Crippen molar-refractivity contribution in [3.63, 3.8) is 0 Å². The summed E-state index contributed by atoms with van der Waals surface area (Å²) >= 11 is 0. The highest BCUT2D eigenvalue weighted by atomic mass is 19.1. The number of benzene rings is 2. The van der Waals surface area contributed by atoms with E-state index >= 15 is 0 Å². The number of hydrogen-bond donors (Lipinski definition) is 1. The molecule has 0 atom stereocenters. The minimum Gasteiger partial charge on any atom is -0.494 e. The second-order valence-electron chi connectivity index (χ2n) is 6.29. The standard InChI is InChI=1S/C20H24FN3O2/c1-2-26-18-10-8-17(9-11-18)22-20(25)24-13-5-12-23(15-24)14-16-6-3-4-7-19(16)21/h3-4,6-11H,2,5,12-15H2,1H3,(H,22,25). The van der Waals surface area contributed by atoms with Crippen LogP contribution in [0.15, 0.2) is 48.5 Å². The molecule has 0 aliphatic carbocycles. The number of nitrogens with zero attached hydrogens (tertiary/aromatic N) is 2. The molecule has 26 heavy (non-hydrogen) atoms. The van der Waals surface area contributed by atoms with E-state index in [4.69, 9.17) is 4.74 Å². The largest absolute Gasteiger partial charge is 0.494 e. The van der Waals surface area contributed by atoms with Crippen LogP contribution in [0.2, 0.25) is 0 Å². The third-order valence-electron chi connectivity index (χ3n) is 4.33. The second kappa shape index (κ2) is 8.67. The van der Waals surface area contributed by atoms with Gasteiger partial charge < -0.3 is 15.0 Å². The Morgan fingerprint density at radius 3 is 2.65 bits per heavy atom. The van der Waals surface area contributed by atoms with Gasteiger partial charge in [0.25, 0.3) is 0 Å². The molecule has 5 nitrogen and oxygen atoms in total. The molecule has 0 saturated carbocycles. The van der Waals surface area contributed by atoms with Crippen molar-refractivity contribution < 1.29 is 13.9 Å². The average Bonchev–Trinajstić information content (AvgIpc) is 2.66. The van der Waals surface area contributed by atoms with E-state index in [1.807, 2.05) is 37.3 Å². The van der Waals surface area contributed by atoms with Crippen molar-refractivity contribution in [3.05, 3.63) is 59.9 Å². The van der Waals surface area contributed by atoms with Gasteiger partial charge in [0.15, 0.2) is 0 Å². The Kier molecular flexibility index (Phi) is 6.07. The minimum absolute atomic E-state index is 0.146. The van der Waals surface area contributed by atoms with E-state index in [-0.39, 0.29) is 11.8 Å². The van der Waals surface area contributed by atoms with Gasteiger partial charge >= 0.3 is 6.03 Å². The van der Waals surface area contributed by atoms with Gasteiger partial charge in [-0.25, -0.2) is 9.18 Å². The molecule has 1 fully saturated rings. The molecule has 1 saturated heterocycles. The maximum atomic E-state index is 13.8. The first-order valence-electron chi connectivity index (χ1n) is 8.90. The Labute approximate surface area is 153 Å². The molecule has 138 valence electrons. The number of hydrogen-bond acceptors (Lipinski definition) is 3. The molecule has 1 aliphatic heterocycles. The van der Waals surface area contributed by atoms with Gasteiger partial charge in [-0.15, -0.1) is 0 Å². The molecule has 2 aromatic carbocycles. The van der Waals surface area contributed by atoms with Crippen LogP contribution in [0.3, 0.4) is 0 Å². The fourth-order valence-electron chi connectivity index (χ4n) is 3.03. The summed E-state index contributed by atoms with van der Waals surface area (Å²) in [7, 11) is 0. The van der Waals surface area contributed by atoms with Crippen LogP contribution in [-0.2, 0) is 6.54 Å². The minimum atomic E-state index is -0.205. The van der Waals surface area contributed by atoms with Gasteiger partial charge in [0.2, 0.25) is 0 Å². The van der Waals surface area contributed by atoms with Crippen LogP contribution in [0.25, 0.3) is 0 Å². The quantitative estimate of drug-likeness (QED) is 0.882. The monoisotopic (exact) mass is 357 g/mol. The number of halogens is 1. The van der Waals surface area contributed by atoms with Crippen molar-refractivity contribution in [2.45, 2.75) is 19.9 Å². The molecule has 3 rings (SSSR count). The highest BCUT2D eigenvalue weighted by molar-refractivity contribution is 5.89. The molecule has 0 spiro atoms. The maximum Gasteiger partial charge on any atom is 0.322 e. The van der Waals surface area contributed by atoms with Gasteiger partial charge in [0.1, 0.15) is 11.6 Å². The predicted octanol–water partition coefficient (Wildman–Crippen LogP) is 3.92. The Bertz CT molecular complexity index is 736. The van der Waals surface area contributed by atoms with Crippen LogP contribution in [0, 0.1) is 5.82 Å². The molecule has 0 aromatic heterocycles.